The van der Waals surface area contributed by atoms with Crippen molar-refractivity contribution in [1.29, 1.82) is 0 Å². The molecule has 0 bridgehead atoms. The van der Waals surface area contributed by atoms with Crippen LogP contribution in [0.5, 0.6) is 0 Å². The molecule has 2 aromatic carbocycles. The maximum Gasteiger partial charge on any atom is 0.135 e. The van der Waals surface area contributed by atoms with Crippen LogP contribution in [0, 0.1) is 18.6 Å². The second-order valence-corrected chi connectivity index (χ2v) is 7.56. The Morgan fingerprint density at radius 3 is 2.77 bits per heavy atom. The first-order chi connectivity index (χ1) is 14.5. The van der Waals surface area contributed by atoms with E-state index in [2.05, 4.69) is 10.7 Å². The van der Waals surface area contributed by atoms with Crippen LogP contribution >= 0.6 is 0 Å². The van der Waals surface area contributed by atoms with Gasteiger partial charge in [-0.05, 0) is 49.8 Å². The second kappa shape index (κ2) is 7.02. The van der Waals surface area contributed by atoms with Crippen LogP contribution in [0.3, 0.4) is 0 Å². The van der Waals surface area contributed by atoms with Crippen LogP contribution in [-0.2, 0) is 0 Å². The molecule has 5 rings (SSSR count). The zero-order valence-electron chi connectivity index (χ0n) is 16.7. The summed E-state index contributed by atoms with van der Waals surface area (Å²) in [4.78, 5) is 0. The van der Waals surface area contributed by atoms with Crippen LogP contribution in [0.1, 0.15) is 24.1 Å². The molecule has 0 radical (unpaired) electrons. The number of benzene rings is 2. The molecule has 3 heterocycles. The molecule has 0 unspecified atom stereocenters. The van der Waals surface area contributed by atoms with E-state index in [0.717, 1.165) is 40.9 Å². The zero-order valence-corrected chi connectivity index (χ0v) is 16.7. The Hall–Kier alpha value is -3.61. The van der Waals surface area contributed by atoms with E-state index in [1.807, 2.05) is 66.2 Å². The average Bonchev–Trinajstić information content (AvgIpc) is 3.28. The van der Waals surface area contributed by atoms with E-state index in [0.29, 0.717) is 5.69 Å². The minimum absolute atomic E-state index is 0.128. The zero-order chi connectivity index (χ0) is 20.8. The Balaban J connectivity index is 1.62. The first-order valence-corrected chi connectivity index (χ1v) is 9.85. The van der Waals surface area contributed by atoms with E-state index < -0.39 is 11.6 Å². The number of rotatable bonds is 3. The summed E-state index contributed by atoms with van der Waals surface area (Å²) in [6.07, 6.45) is 5.80. The molecule has 0 spiro atoms. The number of hydrazine groups is 1. The molecule has 5 nitrogen and oxygen atoms in total. The van der Waals surface area contributed by atoms with Crippen LogP contribution in [-0.4, -0.2) is 16.3 Å². The van der Waals surface area contributed by atoms with Gasteiger partial charge in [-0.15, -0.1) is 0 Å². The van der Waals surface area contributed by atoms with Gasteiger partial charge in [0.25, 0.3) is 0 Å². The summed E-state index contributed by atoms with van der Waals surface area (Å²) in [6, 6.07) is 11.8. The highest BCUT2D eigenvalue weighted by Gasteiger charge is 2.30. The van der Waals surface area contributed by atoms with Crippen LogP contribution in [0.25, 0.3) is 17.0 Å². The van der Waals surface area contributed by atoms with Crippen molar-refractivity contribution >= 4 is 17.2 Å². The number of allylic oxidation sites excluding steroid dienone is 2. The SMILES string of the molecule is Cc1ccccc1N1C=CC=C(c2c(-c3ccc(F)cc3F)nn3c2NC[C@H]3C)N1. The predicted octanol–water partition coefficient (Wildman–Crippen LogP) is 5.00. The summed E-state index contributed by atoms with van der Waals surface area (Å²) in [5.74, 6) is -0.428. The van der Waals surface area contributed by atoms with E-state index in [4.69, 9.17) is 5.10 Å². The lowest BCUT2D eigenvalue weighted by molar-refractivity contribution is 0.560. The normalized spacial score (nSPS) is 17.4. The lowest BCUT2D eigenvalue weighted by atomic mass is 10.0. The molecule has 2 N–H and O–H groups in total. The summed E-state index contributed by atoms with van der Waals surface area (Å²) in [5, 5.41) is 10.0. The van der Waals surface area contributed by atoms with Crippen LogP contribution in [0.15, 0.2) is 60.8 Å². The Kier molecular flexibility index (Phi) is 4.31. The maximum absolute atomic E-state index is 14.7. The van der Waals surface area contributed by atoms with E-state index in [9.17, 15) is 8.78 Å². The van der Waals surface area contributed by atoms with Crippen molar-refractivity contribution < 1.29 is 8.78 Å². The second-order valence-electron chi connectivity index (χ2n) is 7.56. The quantitative estimate of drug-likeness (QED) is 0.644. The number of aryl methyl sites for hydroxylation is 1. The van der Waals surface area contributed by atoms with Gasteiger partial charge < -0.3 is 5.32 Å². The monoisotopic (exact) mass is 405 g/mol. The van der Waals surface area contributed by atoms with Gasteiger partial charge in [0.15, 0.2) is 0 Å². The van der Waals surface area contributed by atoms with E-state index >= 15 is 0 Å². The molecule has 0 fully saturated rings. The summed E-state index contributed by atoms with van der Waals surface area (Å²) < 4.78 is 30.0. The van der Waals surface area contributed by atoms with Gasteiger partial charge >= 0.3 is 0 Å². The average molecular weight is 405 g/mol. The molecule has 30 heavy (non-hydrogen) atoms. The molecule has 1 aromatic heterocycles. The highest BCUT2D eigenvalue weighted by atomic mass is 19.1. The van der Waals surface area contributed by atoms with Gasteiger partial charge in [0.2, 0.25) is 0 Å². The summed E-state index contributed by atoms with van der Waals surface area (Å²) in [7, 11) is 0. The Morgan fingerprint density at radius 1 is 1.13 bits per heavy atom. The first-order valence-electron chi connectivity index (χ1n) is 9.85. The van der Waals surface area contributed by atoms with Gasteiger partial charge in [-0.25, -0.2) is 13.5 Å². The van der Waals surface area contributed by atoms with Crippen molar-refractivity contribution in [3.63, 3.8) is 0 Å². The lowest BCUT2D eigenvalue weighted by Crippen LogP contribution is -2.34. The standard InChI is InChI=1S/C23H21F2N5/c1-14-6-3-4-8-20(14)29-11-5-7-19(27-29)21-22(17-10-9-16(24)12-18(17)25)28-30-15(2)13-26-23(21)30/h3-12,15,26-27H,13H2,1-2H3/t15-/m1/s1. The number of nitrogens with zero attached hydrogens (tertiary/aromatic N) is 3. The summed E-state index contributed by atoms with van der Waals surface area (Å²) in [6.45, 7) is 4.84. The molecule has 2 aliphatic rings. The number of anilines is 2. The minimum Gasteiger partial charge on any atom is -0.368 e. The smallest absolute Gasteiger partial charge is 0.135 e. The molecule has 0 amide bonds. The van der Waals surface area contributed by atoms with Crippen LogP contribution in [0.4, 0.5) is 20.3 Å². The number of fused-ring (bicyclic) bond motifs is 1. The van der Waals surface area contributed by atoms with Gasteiger partial charge in [-0.3, -0.25) is 10.4 Å². The number of aromatic nitrogens is 2. The van der Waals surface area contributed by atoms with Crippen molar-refractivity contribution in [1.82, 2.24) is 15.2 Å². The number of para-hydroxylation sites is 1. The number of nitrogens with one attached hydrogen (secondary N) is 2. The molecule has 2 aliphatic heterocycles. The van der Waals surface area contributed by atoms with Crippen molar-refractivity contribution in [2.24, 2.45) is 0 Å². The van der Waals surface area contributed by atoms with Gasteiger partial charge in [0.1, 0.15) is 23.1 Å². The van der Waals surface area contributed by atoms with Crippen LogP contribution in [0.2, 0.25) is 0 Å². The maximum atomic E-state index is 14.7. The van der Waals surface area contributed by atoms with E-state index in [1.165, 1.54) is 12.1 Å². The third-order valence-electron chi connectivity index (χ3n) is 5.46. The number of hydrogen-bond donors (Lipinski definition) is 2. The lowest BCUT2D eigenvalue weighted by Gasteiger charge is -2.28. The fraction of sp³-hybridized carbons (Fsp3) is 0.174. The van der Waals surface area contributed by atoms with Crippen molar-refractivity contribution in [3.05, 3.63) is 83.6 Å². The molecule has 1 atom stereocenters. The van der Waals surface area contributed by atoms with Gasteiger partial charge in [-0.2, -0.15) is 5.10 Å². The number of hydrogen-bond acceptors (Lipinski definition) is 4. The fourth-order valence-electron chi connectivity index (χ4n) is 3.92. The van der Waals surface area contributed by atoms with Gasteiger partial charge in [0, 0.05) is 24.4 Å². The third kappa shape index (κ3) is 2.94. The minimum atomic E-state index is -0.636. The highest BCUT2D eigenvalue weighted by molar-refractivity contribution is 5.87. The van der Waals surface area contributed by atoms with E-state index in [-0.39, 0.29) is 11.6 Å². The third-order valence-corrected chi connectivity index (χ3v) is 5.46. The predicted molar refractivity (Wildman–Crippen MR) is 115 cm³/mol. The highest BCUT2D eigenvalue weighted by Crippen LogP contribution is 2.40. The fourth-order valence-corrected chi connectivity index (χ4v) is 3.92. The van der Waals surface area contributed by atoms with Crippen molar-refractivity contribution in [2.75, 3.05) is 16.9 Å². The molecule has 0 saturated heterocycles. The van der Waals surface area contributed by atoms with Crippen molar-refractivity contribution in [3.8, 4) is 11.3 Å². The Labute approximate surface area is 173 Å². The molecule has 152 valence electrons. The topological polar surface area (TPSA) is 45.1 Å². The number of halogens is 2. The summed E-state index contributed by atoms with van der Waals surface area (Å²) in [5.41, 5.74) is 7.82. The van der Waals surface area contributed by atoms with Gasteiger partial charge in [-0.1, -0.05) is 18.2 Å². The Bertz CT molecular complexity index is 1190. The largest absolute Gasteiger partial charge is 0.368 e. The molecular formula is C23H21F2N5. The Morgan fingerprint density at radius 2 is 1.97 bits per heavy atom. The summed E-state index contributed by atoms with van der Waals surface area (Å²) >= 11 is 0. The molecule has 0 saturated carbocycles. The molecule has 3 aromatic rings. The van der Waals surface area contributed by atoms with E-state index in [1.54, 1.807) is 0 Å². The van der Waals surface area contributed by atoms with Crippen LogP contribution < -0.4 is 15.8 Å². The molecular weight excluding hydrogens is 384 g/mol. The molecule has 7 heteroatoms. The van der Waals surface area contributed by atoms with Crippen molar-refractivity contribution in [2.45, 2.75) is 19.9 Å². The first kappa shape index (κ1) is 18.4. The molecule has 0 aliphatic carbocycles. The van der Waals surface area contributed by atoms with Gasteiger partial charge in [0.05, 0.1) is 23.0 Å².